The fourth-order valence-electron chi connectivity index (χ4n) is 1.73. The Morgan fingerprint density at radius 3 is 2.13 bits per heavy atom. The lowest BCUT2D eigenvalue weighted by Gasteiger charge is -2.35. The van der Waals surface area contributed by atoms with E-state index in [1.165, 1.54) is 0 Å². The van der Waals surface area contributed by atoms with Crippen molar-refractivity contribution in [2.24, 2.45) is 5.92 Å². The normalized spacial score (nSPS) is 13.7. The van der Waals surface area contributed by atoms with Crippen molar-refractivity contribution in [3.8, 4) is 0 Å². The molecule has 0 spiro atoms. The van der Waals surface area contributed by atoms with Crippen molar-refractivity contribution >= 4 is 5.91 Å². The summed E-state index contributed by atoms with van der Waals surface area (Å²) < 4.78 is 0. The largest absolute Gasteiger partial charge is 0.338 e. The minimum absolute atomic E-state index is 0.0404. The molecule has 15 heavy (non-hydrogen) atoms. The quantitative estimate of drug-likeness (QED) is 0.685. The molecule has 0 radical (unpaired) electrons. The van der Waals surface area contributed by atoms with Crippen LogP contribution in [0, 0.1) is 5.92 Å². The molecule has 0 aliphatic carbocycles. The maximum atomic E-state index is 12.0. The molecule has 0 aliphatic rings. The highest BCUT2D eigenvalue weighted by atomic mass is 16.2. The van der Waals surface area contributed by atoms with Crippen LogP contribution < -0.4 is 0 Å². The molecule has 0 bridgehead atoms. The zero-order valence-corrected chi connectivity index (χ0v) is 11.3. The lowest BCUT2D eigenvalue weighted by atomic mass is 10.0. The number of rotatable bonds is 5. The van der Waals surface area contributed by atoms with Gasteiger partial charge in [0, 0.05) is 18.5 Å². The summed E-state index contributed by atoms with van der Waals surface area (Å²) in [5.74, 6) is 0.956. The molecule has 2 heteroatoms. The maximum Gasteiger partial charge on any atom is 0.222 e. The summed E-state index contributed by atoms with van der Waals surface area (Å²) in [6.07, 6.45) is 2.87. The highest BCUT2D eigenvalue weighted by Gasteiger charge is 2.24. The monoisotopic (exact) mass is 213 g/mol. The van der Waals surface area contributed by atoms with Gasteiger partial charge >= 0.3 is 0 Å². The second-order valence-electron chi connectivity index (χ2n) is 5.36. The van der Waals surface area contributed by atoms with Crippen molar-refractivity contribution in [2.45, 2.75) is 66.3 Å². The van der Waals surface area contributed by atoms with Gasteiger partial charge in [0.05, 0.1) is 0 Å². The van der Waals surface area contributed by atoms with Crippen molar-refractivity contribution in [1.82, 2.24) is 4.90 Å². The third kappa shape index (κ3) is 5.19. The van der Waals surface area contributed by atoms with Gasteiger partial charge in [-0.25, -0.2) is 0 Å². The average molecular weight is 213 g/mol. The third-order valence-corrected chi connectivity index (χ3v) is 2.97. The van der Waals surface area contributed by atoms with Gasteiger partial charge in [-0.15, -0.1) is 0 Å². The first-order valence-electron chi connectivity index (χ1n) is 6.13. The Hall–Kier alpha value is -0.530. The molecule has 0 rings (SSSR count). The van der Waals surface area contributed by atoms with Crippen molar-refractivity contribution in [3.63, 3.8) is 0 Å². The van der Waals surface area contributed by atoms with Crippen molar-refractivity contribution < 1.29 is 4.79 Å². The summed E-state index contributed by atoms with van der Waals surface area (Å²) in [5, 5.41) is 0. The number of hydrogen-bond acceptors (Lipinski definition) is 1. The van der Waals surface area contributed by atoms with E-state index < -0.39 is 0 Å². The summed E-state index contributed by atoms with van der Waals surface area (Å²) in [4.78, 5) is 13.9. The van der Waals surface area contributed by atoms with E-state index in [1.54, 1.807) is 0 Å². The Bertz CT molecular complexity index is 193. The molecule has 0 N–H and O–H groups in total. The Morgan fingerprint density at radius 2 is 1.80 bits per heavy atom. The van der Waals surface area contributed by atoms with Crippen LogP contribution in [0.5, 0.6) is 0 Å². The standard InChI is InChI=1S/C13H27NO/c1-7-11(3)9-10-12(15)14(8-2)13(4,5)6/h11H,7-10H2,1-6H3. The van der Waals surface area contributed by atoms with Crippen LogP contribution in [-0.4, -0.2) is 22.9 Å². The number of hydrogen-bond donors (Lipinski definition) is 0. The molecule has 2 nitrogen and oxygen atoms in total. The average Bonchev–Trinajstić information content (AvgIpc) is 2.12. The molecule has 0 aromatic rings. The number of carbonyl (C=O) groups excluding carboxylic acids is 1. The molecule has 0 saturated heterocycles. The predicted molar refractivity (Wildman–Crippen MR) is 65.8 cm³/mol. The van der Waals surface area contributed by atoms with E-state index in [9.17, 15) is 4.79 Å². The van der Waals surface area contributed by atoms with Crippen LogP contribution in [0.1, 0.15) is 60.8 Å². The molecule has 0 aromatic carbocycles. The van der Waals surface area contributed by atoms with E-state index in [0.717, 1.165) is 19.4 Å². The first kappa shape index (κ1) is 14.5. The van der Waals surface area contributed by atoms with Crippen molar-refractivity contribution in [2.75, 3.05) is 6.54 Å². The molecule has 90 valence electrons. The molecule has 0 saturated carbocycles. The second-order valence-corrected chi connectivity index (χ2v) is 5.36. The van der Waals surface area contributed by atoms with Crippen LogP contribution in [-0.2, 0) is 4.79 Å². The Balaban J connectivity index is 4.18. The fourth-order valence-corrected chi connectivity index (χ4v) is 1.73. The zero-order chi connectivity index (χ0) is 12.1. The van der Waals surface area contributed by atoms with Crippen LogP contribution in [0.4, 0.5) is 0 Å². The fraction of sp³-hybridized carbons (Fsp3) is 0.923. The topological polar surface area (TPSA) is 20.3 Å². The van der Waals surface area contributed by atoms with Gasteiger partial charge in [-0.3, -0.25) is 4.79 Å². The molecule has 0 fully saturated rings. The van der Waals surface area contributed by atoms with Crippen LogP contribution >= 0.6 is 0 Å². The Kier molecular flexibility index (Phi) is 5.92. The summed E-state index contributed by atoms with van der Waals surface area (Å²) in [6, 6.07) is 0. The number of amides is 1. The van der Waals surface area contributed by atoms with Crippen LogP contribution in [0.2, 0.25) is 0 Å². The molecule has 1 atom stereocenters. The number of carbonyl (C=O) groups is 1. The van der Waals surface area contributed by atoms with Crippen LogP contribution in [0.15, 0.2) is 0 Å². The Labute approximate surface area is 95.0 Å². The van der Waals surface area contributed by atoms with Crippen LogP contribution in [0.25, 0.3) is 0 Å². The van der Waals surface area contributed by atoms with E-state index >= 15 is 0 Å². The van der Waals surface area contributed by atoms with Gasteiger partial charge < -0.3 is 4.90 Å². The minimum atomic E-state index is -0.0404. The number of nitrogens with zero attached hydrogens (tertiary/aromatic N) is 1. The second kappa shape index (κ2) is 6.14. The summed E-state index contributed by atoms with van der Waals surface area (Å²) in [5.41, 5.74) is -0.0404. The van der Waals surface area contributed by atoms with E-state index in [-0.39, 0.29) is 5.54 Å². The molecule has 1 amide bonds. The van der Waals surface area contributed by atoms with E-state index in [4.69, 9.17) is 0 Å². The van der Waals surface area contributed by atoms with E-state index in [0.29, 0.717) is 18.2 Å². The predicted octanol–water partition coefficient (Wildman–Crippen LogP) is 3.46. The third-order valence-electron chi connectivity index (χ3n) is 2.97. The van der Waals surface area contributed by atoms with Gasteiger partial charge in [-0.05, 0) is 40.0 Å². The first-order chi connectivity index (χ1) is 6.82. The SMILES string of the molecule is CCC(C)CCC(=O)N(CC)C(C)(C)C. The van der Waals surface area contributed by atoms with Gasteiger partial charge in [0.2, 0.25) is 5.91 Å². The molecule has 0 aliphatic heterocycles. The van der Waals surface area contributed by atoms with Gasteiger partial charge in [-0.1, -0.05) is 20.3 Å². The van der Waals surface area contributed by atoms with Crippen molar-refractivity contribution in [3.05, 3.63) is 0 Å². The maximum absolute atomic E-state index is 12.0. The molecule has 0 aromatic heterocycles. The van der Waals surface area contributed by atoms with Crippen LogP contribution in [0.3, 0.4) is 0 Å². The van der Waals surface area contributed by atoms with Gasteiger partial charge in [0.15, 0.2) is 0 Å². The summed E-state index contributed by atoms with van der Waals surface area (Å²) in [6.45, 7) is 13.5. The summed E-state index contributed by atoms with van der Waals surface area (Å²) >= 11 is 0. The lowest BCUT2D eigenvalue weighted by molar-refractivity contribution is -0.135. The molecule has 0 heterocycles. The minimum Gasteiger partial charge on any atom is -0.338 e. The van der Waals surface area contributed by atoms with Gasteiger partial charge in [0.1, 0.15) is 0 Å². The highest BCUT2D eigenvalue weighted by Crippen LogP contribution is 2.17. The molecular formula is C13H27NO. The van der Waals surface area contributed by atoms with E-state index in [2.05, 4.69) is 34.6 Å². The highest BCUT2D eigenvalue weighted by molar-refractivity contribution is 5.76. The molecular weight excluding hydrogens is 186 g/mol. The zero-order valence-electron chi connectivity index (χ0n) is 11.3. The molecule has 1 unspecified atom stereocenters. The van der Waals surface area contributed by atoms with E-state index in [1.807, 2.05) is 11.8 Å². The smallest absolute Gasteiger partial charge is 0.222 e. The lowest BCUT2D eigenvalue weighted by Crippen LogP contribution is -2.45. The van der Waals surface area contributed by atoms with Gasteiger partial charge in [-0.2, -0.15) is 0 Å². The van der Waals surface area contributed by atoms with Gasteiger partial charge in [0.25, 0.3) is 0 Å². The van der Waals surface area contributed by atoms with Crippen molar-refractivity contribution in [1.29, 1.82) is 0 Å². The summed E-state index contributed by atoms with van der Waals surface area (Å²) in [7, 11) is 0. The Morgan fingerprint density at radius 1 is 1.27 bits per heavy atom. The first-order valence-corrected chi connectivity index (χ1v) is 6.13.